The van der Waals surface area contributed by atoms with Gasteiger partial charge >= 0.3 is 0 Å². The summed E-state index contributed by atoms with van der Waals surface area (Å²) >= 11 is 9.28. The molecular formula is C10H13BrClFOSi. The maximum Gasteiger partial charge on any atom is 0.197 e. The molecule has 15 heavy (non-hydrogen) atoms. The van der Waals surface area contributed by atoms with Gasteiger partial charge in [-0.25, -0.2) is 4.39 Å². The number of benzene rings is 1. The highest BCUT2D eigenvalue weighted by Gasteiger charge is 2.21. The van der Waals surface area contributed by atoms with Crippen molar-refractivity contribution in [3.8, 4) is 0 Å². The Morgan fingerprint density at radius 1 is 1.47 bits per heavy atom. The third-order valence-corrected chi connectivity index (χ3v) is 7.97. The quantitative estimate of drug-likeness (QED) is 0.600. The van der Waals surface area contributed by atoms with Crippen molar-refractivity contribution in [2.75, 3.05) is 4.95 Å². The molecule has 0 unspecified atom stereocenters. The molecule has 0 amide bonds. The molecule has 1 rings (SSSR count). The highest BCUT2D eigenvalue weighted by atomic mass is 79.9. The van der Waals surface area contributed by atoms with Crippen LogP contribution in [0, 0.1) is 5.82 Å². The fourth-order valence-electron chi connectivity index (χ4n) is 0.976. The average Bonchev–Trinajstić information content (AvgIpc) is 2.17. The lowest BCUT2D eigenvalue weighted by atomic mass is 10.2. The molecule has 0 aromatic heterocycles. The predicted molar refractivity (Wildman–Crippen MR) is 67.5 cm³/mol. The van der Waals surface area contributed by atoms with Gasteiger partial charge in [0.2, 0.25) is 0 Å². The Hall–Kier alpha value is 0.0969. The molecule has 0 saturated heterocycles. The van der Waals surface area contributed by atoms with Gasteiger partial charge in [-0.3, -0.25) is 0 Å². The van der Waals surface area contributed by atoms with E-state index in [9.17, 15) is 4.39 Å². The highest BCUT2D eigenvalue weighted by Crippen LogP contribution is 2.21. The van der Waals surface area contributed by atoms with E-state index in [0.717, 1.165) is 4.95 Å². The molecule has 0 heterocycles. The third-order valence-electron chi connectivity index (χ3n) is 1.99. The van der Waals surface area contributed by atoms with Crippen LogP contribution in [-0.4, -0.2) is 13.3 Å². The molecule has 0 fully saturated rings. The number of halogens is 3. The lowest BCUT2D eigenvalue weighted by Gasteiger charge is -2.20. The zero-order valence-corrected chi connectivity index (χ0v) is 12.0. The fraction of sp³-hybridized carbons (Fsp3) is 0.400. The Labute approximate surface area is 104 Å². The van der Waals surface area contributed by atoms with Crippen LogP contribution in [0.1, 0.15) is 5.56 Å². The number of hydrogen-bond acceptors (Lipinski definition) is 1. The van der Waals surface area contributed by atoms with Crippen molar-refractivity contribution in [1.29, 1.82) is 0 Å². The second-order valence-electron chi connectivity index (χ2n) is 3.88. The minimum Gasteiger partial charge on any atom is -0.412 e. The normalized spacial score (nSPS) is 11.8. The molecule has 1 nitrogen and oxygen atoms in total. The van der Waals surface area contributed by atoms with Gasteiger partial charge in [0.15, 0.2) is 8.32 Å². The fourth-order valence-corrected chi connectivity index (χ4v) is 2.29. The summed E-state index contributed by atoms with van der Waals surface area (Å²) in [6.45, 7) is 4.38. The molecular weight excluding hydrogens is 299 g/mol. The maximum atomic E-state index is 13.4. The van der Waals surface area contributed by atoms with Crippen molar-refractivity contribution in [2.24, 2.45) is 0 Å². The van der Waals surface area contributed by atoms with E-state index in [0.29, 0.717) is 10.6 Å². The van der Waals surface area contributed by atoms with Crippen LogP contribution < -0.4 is 0 Å². The topological polar surface area (TPSA) is 9.23 Å². The largest absolute Gasteiger partial charge is 0.412 e. The van der Waals surface area contributed by atoms with Crippen molar-refractivity contribution in [3.63, 3.8) is 0 Å². The summed E-state index contributed by atoms with van der Waals surface area (Å²) in [4.78, 5) is 0.825. The Morgan fingerprint density at radius 2 is 2.13 bits per heavy atom. The predicted octanol–water partition coefficient (Wildman–Crippen LogP) is 4.13. The van der Waals surface area contributed by atoms with Crippen LogP contribution in [0.25, 0.3) is 0 Å². The van der Waals surface area contributed by atoms with Gasteiger partial charge in [0.1, 0.15) is 5.82 Å². The van der Waals surface area contributed by atoms with Crippen molar-refractivity contribution in [3.05, 3.63) is 34.6 Å². The van der Waals surface area contributed by atoms with Crippen LogP contribution >= 0.6 is 27.5 Å². The van der Waals surface area contributed by atoms with E-state index in [1.54, 1.807) is 12.1 Å². The van der Waals surface area contributed by atoms with Crippen LogP contribution in [0.2, 0.25) is 18.1 Å². The van der Waals surface area contributed by atoms with Crippen LogP contribution in [0.5, 0.6) is 0 Å². The lowest BCUT2D eigenvalue weighted by molar-refractivity contribution is 0.293. The number of rotatable bonds is 4. The zero-order valence-electron chi connectivity index (χ0n) is 8.69. The van der Waals surface area contributed by atoms with E-state index < -0.39 is 8.32 Å². The van der Waals surface area contributed by atoms with E-state index in [1.165, 1.54) is 6.07 Å². The average molecular weight is 312 g/mol. The summed E-state index contributed by atoms with van der Waals surface area (Å²) in [5.41, 5.74) is 0.445. The third kappa shape index (κ3) is 3.87. The molecule has 0 radical (unpaired) electrons. The Morgan fingerprint density at radius 3 is 2.67 bits per heavy atom. The molecule has 0 aliphatic carbocycles. The van der Waals surface area contributed by atoms with E-state index in [4.69, 9.17) is 16.0 Å². The SMILES string of the molecule is C[Si](C)(CBr)OCc1c(F)cccc1Cl. The summed E-state index contributed by atoms with van der Waals surface area (Å²) in [7, 11) is -1.71. The monoisotopic (exact) mass is 310 g/mol. The van der Waals surface area contributed by atoms with E-state index in [1.807, 2.05) is 0 Å². The first-order valence-corrected chi connectivity index (χ1v) is 9.20. The van der Waals surface area contributed by atoms with Crippen molar-refractivity contribution in [2.45, 2.75) is 19.7 Å². The number of alkyl halides is 1. The van der Waals surface area contributed by atoms with Crippen LogP contribution in [0.4, 0.5) is 4.39 Å². The van der Waals surface area contributed by atoms with Gasteiger partial charge in [0.05, 0.1) is 6.61 Å². The molecule has 0 aliphatic rings. The summed E-state index contributed by atoms with van der Waals surface area (Å²) in [5.74, 6) is -0.304. The van der Waals surface area contributed by atoms with Crippen molar-refractivity contribution in [1.82, 2.24) is 0 Å². The molecule has 0 spiro atoms. The first-order valence-electron chi connectivity index (χ1n) is 4.59. The summed E-state index contributed by atoms with van der Waals surface area (Å²) < 4.78 is 19.1. The molecule has 5 heteroatoms. The summed E-state index contributed by atoms with van der Waals surface area (Å²) in [6, 6.07) is 4.66. The molecule has 84 valence electrons. The second kappa shape index (κ2) is 5.43. The molecule has 0 N–H and O–H groups in total. The Bertz CT molecular complexity index is 326. The van der Waals surface area contributed by atoms with Gasteiger partial charge in [-0.1, -0.05) is 33.6 Å². The minimum absolute atomic E-state index is 0.246. The van der Waals surface area contributed by atoms with Gasteiger partial charge in [-0.05, 0) is 25.2 Å². The van der Waals surface area contributed by atoms with Gasteiger partial charge in [0, 0.05) is 15.5 Å². The van der Waals surface area contributed by atoms with Gasteiger partial charge in [-0.15, -0.1) is 0 Å². The van der Waals surface area contributed by atoms with Gasteiger partial charge in [-0.2, -0.15) is 0 Å². The van der Waals surface area contributed by atoms with Crippen LogP contribution in [-0.2, 0) is 11.0 Å². The molecule has 0 aliphatic heterocycles. The first-order chi connectivity index (χ1) is 6.96. The molecule has 0 atom stereocenters. The summed E-state index contributed by atoms with van der Waals surface area (Å²) in [5, 5.41) is 0.425. The lowest BCUT2D eigenvalue weighted by Crippen LogP contribution is -2.32. The molecule has 1 aromatic rings. The minimum atomic E-state index is -1.71. The van der Waals surface area contributed by atoms with Gasteiger partial charge < -0.3 is 4.43 Å². The molecule has 0 saturated carbocycles. The van der Waals surface area contributed by atoms with E-state index in [2.05, 4.69) is 29.0 Å². The summed E-state index contributed by atoms with van der Waals surface area (Å²) in [6.07, 6.45) is 0. The van der Waals surface area contributed by atoms with Crippen LogP contribution in [0.3, 0.4) is 0 Å². The maximum absolute atomic E-state index is 13.4. The van der Waals surface area contributed by atoms with Crippen LogP contribution in [0.15, 0.2) is 18.2 Å². The highest BCUT2D eigenvalue weighted by molar-refractivity contribution is 9.09. The molecule has 0 bridgehead atoms. The Kier molecular flexibility index (Phi) is 4.77. The van der Waals surface area contributed by atoms with E-state index >= 15 is 0 Å². The number of hydrogen-bond donors (Lipinski definition) is 0. The van der Waals surface area contributed by atoms with Crippen molar-refractivity contribution < 1.29 is 8.82 Å². The second-order valence-corrected chi connectivity index (χ2v) is 10.0. The smallest absolute Gasteiger partial charge is 0.197 e. The Balaban J connectivity index is 2.73. The molecule has 1 aromatic carbocycles. The van der Waals surface area contributed by atoms with Crippen molar-refractivity contribution >= 4 is 35.8 Å². The van der Waals surface area contributed by atoms with E-state index in [-0.39, 0.29) is 12.4 Å². The first kappa shape index (κ1) is 13.2. The zero-order chi connectivity index (χ0) is 11.5. The standard InChI is InChI=1S/C10H13BrClFOSi/c1-15(2,7-11)14-6-8-9(12)4-3-5-10(8)13/h3-5H,6-7H2,1-2H3. The van der Waals surface area contributed by atoms with Gasteiger partial charge in [0.25, 0.3) is 0 Å².